The molecule has 0 bridgehead atoms. The average Bonchev–Trinajstić information content (AvgIpc) is 2.53. The molecule has 1 atom stereocenters. The highest BCUT2D eigenvalue weighted by molar-refractivity contribution is 6.01. The van der Waals surface area contributed by atoms with Crippen LogP contribution in [0.15, 0.2) is 24.3 Å². The number of halogens is 1. The van der Waals surface area contributed by atoms with E-state index in [0.717, 1.165) is 37.2 Å². The van der Waals surface area contributed by atoms with Gasteiger partial charge in [-0.3, -0.25) is 9.59 Å². The van der Waals surface area contributed by atoms with Gasteiger partial charge in [-0.1, -0.05) is 18.2 Å². The SMILES string of the molecule is Cl.NCC1CCN(C(=O)C2CC(=O)Nc3ccccc32)CC1. The second-order valence-corrected chi connectivity index (χ2v) is 5.90. The molecule has 5 nitrogen and oxygen atoms in total. The molecule has 2 amide bonds. The summed E-state index contributed by atoms with van der Waals surface area (Å²) >= 11 is 0. The number of nitrogens with zero attached hydrogens (tertiary/aromatic N) is 1. The molecule has 6 heteroatoms. The molecular formula is C16H22ClN3O2. The summed E-state index contributed by atoms with van der Waals surface area (Å²) in [5.41, 5.74) is 7.39. The molecule has 0 saturated carbocycles. The van der Waals surface area contributed by atoms with Crippen LogP contribution in [0.25, 0.3) is 0 Å². The number of hydrogen-bond acceptors (Lipinski definition) is 3. The van der Waals surface area contributed by atoms with Crippen molar-refractivity contribution < 1.29 is 9.59 Å². The van der Waals surface area contributed by atoms with E-state index in [9.17, 15) is 9.59 Å². The van der Waals surface area contributed by atoms with E-state index in [2.05, 4.69) is 5.32 Å². The van der Waals surface area contributed by atoms with Crippen LogP contribution in [0.5, 0.6) is 0 Å². The van der Waals surface area contributed by atoms with E-state index in [0.29, 0.717) is 12.5 Å². The zero-order valence-corrected chi connectivity index (χ0v) is 13.3. The lowest BCUT2D eigenvalue weighted by molar-refractivity contribution is -0.136. The van der Waals surface area contributed by atoms with Gasteiger partial charge in [-0.15, -0.1) is 12.4 Å². The molecule has 1 aromatic rings. The highest BCUT2D eigenvalue weighted by Crippen LogP contribution is 2.34. The lowest BCUT2D eigenvalue weighted by Gasteiger charge is -2.35. The van der Waals surface area contributed by atoms with E-state index in [1.807, 2.05) is 29.2 Å². The van der Waals surface area contributed by atoms with E-state index in [-0.39, 0.29) is 36.6 Å². The fourth-order valence-corrected chi connectivity index (χ4v) is 3.24. The summed E-state index contributed by atoms with van der Waals surface area (Å²) in [7, 11) is 0. The minimum Gasteiger partial charge on any atom is -0.342 e. The maximum Gasteiger partial charge on any atom is 0.230 e. The van der Waals surface area contributed by atoms with Crippen molar-refractivity contribution in [2.24, 2.45) is 11.7 Å². The topological polar surface area (TPSA) is 75.4 Å². The lowest BCUT2D eigenvalue weighted by atomic mass is 9.88. The van der Waals surface area contributed by atoms with Gasteiger partial charge in [-0.2, -0.15) is 0 Å². The van der Waals surface area contributed by atoms with Crippen LogP contribution in [0.1, 0.15) is 30.7 Å². The number of hydrogen-bond donors (Lipinski definition) is 2. The Kier molecular flexibility index (Phi) is 5.42. The zero-order valence-electron chi connectivity index (χ0n) is 12.5. The van der Waals surface area contributed by atoms with Crippen molar-refractivity contribution in [3.63, 3.8) is 0 Å². The number of nitrogens with one attached hydrogen (secondary N) is 1. The molecule has 2 aliphatic rings. The highest BCUT2D eigenvalue weighted by atomic mass is 35.5. The van der Waals surface area contributed by atoms with E-state index in [1.165, 1.54) is 0 Å². The Morgan fingerprint density at radius 3 is 2.64 bits per heavy atom. The van der Waals surface area contributed by atoms with E-state index >= 15 is 0 Å². The average molecular weight is 324 g/mol. The number of carbonyl (C=O) groups is 2. The maximum absolute atomic E-state index is 12.8. The second kappa shape index (κ2) is 7.11. The summed E-state index contributed by atoms with van der Waals surface area (Å²) in [5, 5.41) is 2.84. The Hall–Kier alpha value is -1.59. The normalized spacial score (nSPS) is 21.6. The van der Waals surface area contributed by atoms with Crippen molar-refractivity contribution in [3.8, 4) is 0 Å². The molecule has 1 unspecified atom stereocenters. The van der Waals surface area contributed by atoms with E-state index < -0.39 is 0 Å². The number of para-hydroxylation sites is 1. The summed E-state index contributed by atoms with van der Waals surface area (Å²) < 4.78 is 0. The third-order valence-corrected chi connectivity index (χ3v) is 4.56. The first kappa shape index (κ1) is 16.8. The summed E-state index contributed by atoms with van der Waals surface area (Å²) in [6.07, 6.45) is 2.16. The first-order valence-electron chi connectivity index (χ1n) is 7.56. The quantitative estimate of drug-likeness (QED) is 0.870. The van der Waals surface area contributed by atoms with Gasteiger partial charge in [-0.05, 0) is 36.9 Å². The standard InChI is InChI=1S/C16H21N3O2.ClH/c17-10-11-5-7-19(8-6-11)16(21)13-9-15(20)18-14-4-2-1-3-12(13)14;/h1-4,11,13H,5-10,17H2,(H,18,20);1H. The molecule has 2 aliphatic heterocycles. The first-order valence-corrected chi connectivity index (χ1v) is 7.56. The van der Waals surface area contributed by atoms with Crippen LogP contribution < -0.4 is 11.1 Å². The zero-order chi connectivity index (χ0) is 14.8. The van der Waals surface area contributed by atoms with Gasteiger partial charge in [0.15, 0.2) is 0 Å². The monoisotopic (exact) mass is 323 g/mol. The fourth-order valence-electron chi connectivity index (χ4n) is 3.24. The van der Waals surface area contributed by atoms with Gasteiger partial charge >= 0.3 is 0 Å². The molecule has 0 aromatic heterocycles. The van der Waals surface area contributed by atoms with E-state index in [1.54, 1.807) is 0 Å². The number of likely N-dealkylation sites (tertiary alicyclic amines) is 1. The summed E-state index contributed by atoms with van der Waals surface area (Å²) in [6.45, 7) is 2.19. The summed E-state index contributed by atoms with van der Waals surface area (Å²) in [5.74, 6) is 0.178. The molecule has 1 fully saturated rings. The van der Waals surface area contributed by atoms with Gasteiger partial charge in [0.05, 0.1) is 5.92 Å². The van der Waals surface area contributed by atoms with Crippen LogP contribution in [0.4, 0.5) is 5.69 Å². The molecule has 0 spiro atoms. The third kappa shape index (κ3) is 3.25. The van der Waals surface area contributed by atoms with Crippen LogP contribution in [0.2, 0.25) is 0 Å². The Bertz CT molecular complexity index is 556. The molecule has 1 aromatic carbocycles. The lowest BCUT2D eigenvalue weighted by Crippen LogP contribution is -2.43. The summed E-state index contributed by atoms with van der Waals surface area (Å²) in [6, 6.07) is 7.58. The largest absolute Gasteiger partial charge is 0.342 e. The highest BCUT2D eigenvalue weighted by Gasteiger charge is 2.34. The molecular weight excluding hydrogens is 302 g/mol. The van der Waals surface area contributed by atoms with Gasteiger partial charge < -0.3 is 16.0 Å². The molecule has 0 aliphatic carbocycles. The minimum atomic E-state index is -0.343. The second-order valence-electron chi connectivity index (χ2n) is 5.90. The van der Waals surface area contributed by atoms with Crippen molar-refractivity contribution in [1.82, 2.24) is 4.90 Å². The minimum absolute atomic E-state index is 0. The number of piperidine rings is 1. The number of benzene rings is 1. The Morgan fingerprint density at radius 2 is 1.95 bits per heavy atom. The first-order chi connectivity index (χ1) is 10.2. The van der Waals surface area contributed by atoms with Gasteiger partial charge in [0.25, 0.3) is 0 Å². The number of rotatable bonds is 2. The fraction of sp³-hybridized carbons (Fsp3) is 0.500. The van der Waals surface area contributed by atoms with Gasteiger partial charge in [0.1, 0.15) is 0 Å². The smallest absolute Gasteiger partial charge is 0.230 e. The van der Waals surface area contributed by atoms with Gasteiger partial charge in [0, 0.05) is 25.2 Å². The number of anilines is 1. The van der Waals surface area contributed by atoms with Crippen LogP contribution in [-0.2, 0) is 9.59 Å². The Balaban J connectivity index is 0.00000176. The number of carbonyl (C=O) groups excluding carboxylic acids is 2. The maximum atomic E-state index is 12.8. The molecule has 2 heterocycles. The predicted molar refractivity (Wildman–Crippen MR) is 88.0 cm³/mol. The molecule has 3 rings (SSSR count). The predicted octanol–water partition coefficient (Wildman–Crippen LogP) is 1.73. The van der Waals surface area contributed by atoms with Crippen LogP contribution in [-0.4, -0.2) is 36.3 Å². The van der Waals surface area contributed by atoms with Crippen molar-refractivity contribution in [2.45, 2.75) is 25.2 Å². The Morgan fingerprint density at radius 1 is 1.27 bits per heavy atom. The van der Waals surface area contributed by atoms with Crippen LogP contribution in [0.3, 0.4) is 0 Å². The molecule has 0 radical (unpaired) electrons. The molecule has 120 valence electrons. The molecule has 1 saturated heterocycles. The van der Waals surface area contributed by atoms with Gasteiger partial charge in [-0.25, -0.2) is 0 Å². The van der Waals surface area contributed by atoms with Crippen molar-refractivity contribution in [2.75, 3.05) is 25.0 Å². The van der Waals surface area contributed by atoms with Crippen molar-refractivity contribution in [1.29, 1.82) is 0 Å². The van der Waals surface area contributed by atoms with Crippen LogP contribution in [0, 0.1) is 5.92 Å². The molecule has 22 heavy (non-hydrogen) atoms. The number of nitrogens with two attached hydrogens (primary N) is 1. The Labute approximate surface area is 136 Å². The van der Waals surface area contributed by atoms with Crippen molar-refractivity contribution >= 4 is 29.9 Å². The number of amides is 2. The number of fused-ring (bicyclic) bond motifs is 1. The van der Waals surface area contributed by atoms with Gasteiger partial charge in [0.2, 0.25) is 11.8 Å². The van der Waals surface area contributed by atoms with Crippen LogP contribution >= 0.6 is 12.4 Å². The van der Waals surface area contributed by atoms with E-state index in [4.69, 9.17) is 5.73 Å². The summed E-state index contributed by atoms with van der Waals surface area (Å²) in [4.78, 5) is 26.5. The third-order valence-electron chi connectivity index (χ3n) is 4.56. The van der Waals surface area contributed by atoms with Crippen molar-refractivity contribution in [3.05, 3.63) is 29.8 Å². The molecule has 3 N–H and O–H groups in total.